The van der Waals surface area contributed by atoms with Crippen LogP contribution in [0.2, 0.25) is 0 Å². The molecule has 0 aliphatic heterocycles. The van der Waals surface area contributed by atoms with E-state index in [9.17, 15) is 18.0 Å². The number of nitrogens with zero attached hydrogens (tertiary/aromatic N) is 2. The first-order valence-electron chi connectivity index (χ1n) is 10.5. The van der Waals surface area contributed by atoms with Crippen LogP contribution in [0.25, 0.3) is 0 Å². The first-order chi connectivity index (χ1) is 16.8. The Morgan fingerprint density at radius 2 is 1.69 bits per heavy atom. The van der Waals surface area contributed by atoms with Crippen molar-refractivity contribution in [1.29, 1.82) is 0 Å². The van der Waals surface area contributed by atoms with Crippen molar-refractivity contribution in [2.24, 2.45) is 5.10 Å². The number of sulfonamides is 1. The van der Waals surface area contributed by atoms with Crippen LogP contribution in [0, 0.1) is 6.92 Å². The number of hydrazone groups is 1. The van der Waals surface area contributed by atoms with E-state index in [4.69, 9.17) is 4.74 Å². The van der Waals surface area contributed by atoms with Crippen LogP contribution in [-0.2, 0) is 19.6 Å². The number of anilines is 1. The quantitative estimate of drug-likeness (QED) is 0.277. The Labute approximate surface area is 204 Å². The van der Waals surface area contributed by atoms with Crippen molar-refractivity contribution in [2.75, 3.05) is 25.1 Å². The highest BCUT2D eigenvalue weighted by molar-refractivity contribution is 7.92. The van der Waals surface area contributed by atoms with Crippen LogP contribution in [0.4, 0.5) is 5.69 Å². The van der Waals surface area contributed by atoms with Gasteiger partial charge in [-0.1, -0.05) is 36.4 Å². The lowest BCUT2D eigenvalue weighted by molar-refractivity contribution is -0.119. The Balaban J connectivity index is 1.84. The highest BCUT2D eigenvalue weighted by Gasteiger charge is 2.29. The Morgan fingerprint density at radius 1 is 1.00 bits per heavy atom. The van der Waals surface area contributed by atoms with Crippen molar-refractivity contribution in [3.05, 3.63) is 89.5 Å². The SMILES string of the molecule is COC(=O)c1ccc(/C=N\NC(=O)CN(c2cc(C)ccc2OC)S(=O)(=O)c2ccccc2)cc1. The molecule has 10 heteroatoms. The molecule has 0 fully saturated rings. The molecule has 35 heavy (non-hydrogen) atoms. The first kappa shape index (κ1) is 25.4. The number of hydrogen-bond donors (Lipinski definition) is 1. The molecule has 0 saturated heterocycles. The minimum absolute atomic E-state index is 0.0329. The van der Waals surface area contributed by atoms with Crippen molar-refractivity contribution < 1.29 is 27.5 Å². The zero-order valence-corrected chi connectivity index (χ0v) is 20.3. The molecule has 9 nitrogen and oxygen atoms in total. The Hall–Kier alpha value is -4.18. The van der Waals surface area contributed by atoms with Gasteiger partial charge in [0.2, 0.25) is 0 Å². The van der Waals surface area contributed by atoms with Crippen molar-refractivity contribution in [2.45, 2.75) is 11.8 Å². The fourth-order valence-electron chi connectivity index (χ4n) is 3.18. The van der Waals surface area contributed by atoms with Gasteiger partial charge in [0.15, 0.2) is 0 Å². The van der Waals surface area contributed by atoms with Crippen LogP contribution in [-0.4, -0.2) is 47.3 Å². The van der Waals surface area contributed by atoms with Crippen molar-refractivity contribution in [1.82, 2.24) is 5.43 Å². The van der Waals surface area contributed by atoms with Crippen LogP contribution >= 0.6 is 0 Å². The lowest BCUT2D eigenvalue weighted by Gasteiger charge is -2.25. The standard InChI is InChI=1S/C25H25N3O6S/c1-18-9-14-23(33-2)22(15-18)28(35(31,32)21-7-5-4-6-8-21)17-24(29)27-26-16-19-10-12-20(13-11-19)25(30)34-3/h4-16H,17H2,1-3H3,(H,27,29)/b26-16-. The number of hydrogen-bond acceptors (Lipinski definition) is 7. The normalized spacial score (nSPS) is 11.2. The zero-order valence-electron chi connectivity index (χ0n) is 19.5. The number of rotatable bonds is 9. The second-order valence-corrected chi connectivity index (χ2v) is 9.27. The summed E-state index contributed by atoms with van der Waals surface area (Å²) in [5.74, 6) is -0.819. The second-order valence-electron chi connectivity index (χ2n) is 7.41. The molecule has 0 aliphatic rings. The van der Waals surface area contributed by atoms with Crippen LogP contribution in [0.3, 0.4) is 0 Å². The van der Waals surface area contributed by atoms with Crippen LogP contribution in [0.1, 0.15) is 21.5 Å². The van der Waals surface area contributed by atoms with Gasteiger partial charge in [-0.2, -0.15) is 5.10 Å². The minimum Gasteiger partial charge on any atom is -0.495 e. The number of nitrogens with one attached hydrogen (secondary N) is 1. The molecule has 0 bridgehead atoms. The molecule has 182 valence electrons. The van der Waals surface area contributed by atoms with Gasteiger partial charge in [0.1, 0.15) is 12.3 Å². The summed E-state index contributed by atoms with van der Waals surface area (Å²) < 4.78 is 37.9. The third-order valence-corrected chi connectivity index (χ3v) is 6.73. The van der Waals surface area contributed by atoms with E-state index in [0.29, 0.717) is 16.9 Å². The van der Waals surface area contributed by atoms with E-state index in [-0.39, 0.29) is 10.6 Å². The number of benzene rings is 3. The molecule has 0 heterocycles. The summed E-state index contributed by atoms with van der Waals surface area (Å²) in [5.41, 5.74) is 4.37. The smallest absolute Gasteiger partial charge is 0.337 e. The summed E-state index contributed by atoms with van der Waals surface area (Å²) in [6.45, 7) is 1.28. The molecule has 0 aromatic heterocycles. The summed E-state index contributed by atoms with van der Waals surface area (Å²) in [6, 6.07) is 19.3. The molecule has 0 aliphatic carbocycles. The highest BCUT2D eigenvalue weighted by Crippen LogP contribution is 2.33. The molecule has 0 spiro atoms. The second kappa shape index (κ2) is 11.3. The van der Waals surface area contributed by atoms with Gasteiger partial charge in [0, 0.05) is 0 Å². The van der Waals surface area contributed by atoms with Gasteiger partial charge in [-0.15, -0.1) is 0 Å². The third kappa shape index (κ3) is 6.24. The van der Waals surface area contributed by atoms with E-state index >= 15 is 0 Å². The van der Waals surface area contributed by atoms with Gasteiger partial charge in [0.05, 0.1) is 36.6 Å². The summed E-state index contributed by atoms with van der Waals surface area (Å²) in [5, 5.41) is 3.90. The first-order valence-corrected chi connectivity index (χ1v) is 11.9. The molecular weight excluding hydrogens is 470 g/mol. The van der Waals surface area contributed by atoms with Gasteiger partial charge in [-0.25, -0.2) is 18.6 Å². The van der Waals surface area contributed by atoms with Gasteiger partial charge in [-0.3, -0.25) is 9.10 Å². The lowest BCUT2D eigenvalue weighted by atomic mass is 10.1. The lowest BCUT2D eigenvalue weighted by Crippen LogP contribution is -2.39. The predicted molar refractivity (Wildman–Crippen MR) is 132 cm³/mol. The number of aryl methyl sites for hydroxylation is 1. The fraction of sp³-hybridized carbons (Fsp3) is 0.160. The molecule has 1 amide bonds. The van der Waals surface area contributed by atoms with Crippen LogP contribution in [0.15, 0.2) is 82.8 Å². The van der Waals surface area contributed by atoms with Crippen molar-refractivity contribution >= 4 is 33.8 Å². The summed E-state index contributed by atoms with van der Waals surface area (Å²) in [6.07, 6.45) is 1.38. The van der Waals surface area contributed by atoms with Gasteiger partial charge in [0.25, 0.3) is 15.9 Å². The molecule has 0 unspecified atom stereocenters. The largest absolute Gasteiger partial charge is 0.495 e. The Morgan fingerprint density at radius 3 is 2.31 bits per heavy atom. The highest BCUT2D eigenvalue weighted by atomic mass is 32.2. The topological polar surface area (TPSA) is 114 Å². The number of esters is 1. The number of methoxy groups -OCH3 is 2. The minimum atomic E-state index is -4.09. The summed E-state index contributed by atoms with van der Waals surface area (Å²) >= 11 is 0. The molecule has 0 atom stereocenters. The van der Waals surface area contributed by atoms with Crippen molar-refractivity contribution in [3.63, 3.8) is 0 Å². The monoisotopic (exact) mass is 495 g/mol. The maximum absolute atomic E-state index is 13.5. The van der Waals surface area contributed by atoms with E-state index in [1.165, 1.54) is 32.6 Å². The fourth-order valence-corrected chi connectivity index (χ4v) is 4.63. The number of carbonyl (C=O) groups is 2. The van der Waals surface area contributed by atoms with E-state index in [0.717, 1.165) is 9.87 Å². The van der Waals surface area contributed by atoms with Gasteiger partial charge >= 0.3 is 5.97 Å². The molecule has 3 aromatic carbocycles. The summed E-state index contributed by atoms with van der Waals surface area (Å²) in [4.78, 5) is 24.3. The van der Waals surface area contributed by atoms with Crippen LogP contribution < -0.4 is 14.5 Å². The molecule has 3 aromatic rings. The van der Waals surface area contributed by atoms with Gasteiger partial charge in [-0.05, 0) is 54.4 Å². The maximum Gasteiger partial charge on any atom is 0.337 e. The predicted octanol–water partition coefficient (Wildman–Crippen LogP) is 3.14. The van der Waals surface area contributed by atoms with Crippen molar-refractivity contribution in [3.8, 4) is 5.75 Å². The van der Waals surface area contributed by atoms with Crippen LogP contribution in [0.5, 0.6) is 5.75 Å². The van der Waals surface area contributed by atoms with E-state index < -0.39 is 28.4 Å². The molecule has 0 radical (unpaired) electrons. The Bertz CT molecular complexity index is 1320. The Kier molecular flexibility index (Phi) is 8.21. The average molecular weight is 496 g/mol. The average Bonchev–Trinajstić information content (AvgIpc) is 2.87. The molecule has 1 N–H and O–H groups in total. The van der Waals surface area contributed by atoms with E-state index in [1.54, 1.807) is 60.7 Å². The molecule has 3 rings (SSSR count). The van der Waals surface area contributed by atoms with E-state index in [2.05, 4.69) is 15.3 Å². The summed E-state index contributed by atoms with van der Waals surface area (Å²) in [7, 11) is -1.37. The van der Waals surface area contributed by atoms with E-state index in [1.807, 2.05) is 6.92 Å². The number of amides is 1. The number of carbonyl (C=O) groups excluding carboxylic acids is 2. The molecule has 0 saturated carbocycles. The number of ether oxygens (including phenoxy) is 2. The molecular formula is C25H25N3O6S. The van der Waals surface area contributed by atoms with Gasteiger partial charge < -0.3 is 9.47 Å². The zero-order chi connectivity index (χ0) is 25.4. The third-order valence-electron chi connectivity index (χ3n) is 4.96. The maximum atomic E-state index is 13.5.